The number of nitrogens with zero attached hydrogens (tertiary/aromatic N) is 3. The van der Waals surface area contributed by atoms with Gasteiger partial charge in [-0.25, -0.2) is 4.68 Å². The summed E-state index contributed by atoms with van der Waals surface area (Å²) >= 11 is 0. The van der Waals surface area contributed by atoms with Gasteiger partial charge in [0.1, 0.15) is 0 Å². The zero-order chi connectivity index (χ0) is 10.9. The van der Waals surface area contributed by atoms with Crippen molar-refractivity contribution >= 4 is 0 Å². The lowest BCUT2D eigenvalue weighted by Crippen LogP contribution is -2.07. The molecule has 1 rings (SSSR count). The van der Waals surface area contributed by atoms with Gasteiger partial charge in [0.05, 0.1) is 18.8 Å². The molecule has 1 N–H and O–H groups in total. The zero-order valence-electron chi connectivity index (χ0n) is 9.22. The average Bonchev–Trinajstić information content (AvgIpc) is 2.66. The van der Waals surface area contributed by atoms with Crippen LogP contribution in [0.5, 0.6) is 0 Å². The van der Waals surface area contributed by atoms with Gasteiger partial charge >= 0.3 is 0 Å². The zero-order valence-corrected chi connectivity index (χ0v) is 9.22. The van der Waals surface area contributed by atoms with Crippen molar-refractivity contribution in [2.75, 3.05) is 19.8 Å². The van der Waals surface area contributed by atoms with E-state index in [1.807, 2.05) is 6.20 Å². The summed E-state index contributed by atoms with van der Waals surface area (Å²) in [5.74, 6) is 0. The highest BCUT2D eigenvalue weighted by Crippen LogP contribution is 1.94. The van der Waals surface area contributed by atoms with E-state index in [0.29, 0.717) is 13.0 Å². The fraction of sp³-hybridized carbons (Fsp3) is 0.800. The van der Waals surface area contributed by atoms with E-state index >= 15 is 0 Å². The molecule has 0 aromatic carbocycles. The second-order valence-corrected chi connectivity index (χ2v) is 3.41. The van der Waals surface area contributed by atoms with Crippen molar-refractivity contribution in [3.63, 3.8) is 0 Å². The average molecular weight is 213 g/mol. The molecule has 0 fully saturated rings. The van der Waals surface area contributed by atoms with Gasteiger partial charge in [0.15, 0.2) is 0 Å². The minimum absolute atomic E-state index is 0.117. The van der Waals surface area contributed by atoms with Crippen molar-refractivity contribution in [1.82, 2.24) is 15.0 Å². The Morgan fingerprint density at radius 1 is 1.47 bits per heavy atom. The van der Waals surface area contributed by atoms with Gasteiger partial charge in [0, 0.05) is 25.8 Å². The smallest absolute Gasteiger partial charge is 0.0849 e. The molecule has 0 radical (unpaired) electrons. The Kier molecular flexibility index (Phi) is 5.96. The second kappa shape index (κ2) is 7.36. The van der Waals surface area contributed by atoms with Crippen LogP contribution in [0.25, 0.3) is 0 Å². The molecule has 0 amide bonds. The molecule has 86 valence electrons. The van der Waals surface area contributed by atoms with E-state index in [9.17, 15) is 0 Å². The van der Waals surface area contributed by atoms with Crippen LogP contribution < -0.4 is 0 Å². The third-order valence-corrected chi connectivity index (χ3v) is 2.06. The number of rotatable bonds is 8. The molecule has 1 aromatic rings. The summed E-state index contributed by atoms with van der Waals surface area (Å²) in [5, 5.41) is 16.5. The summed E-state index contributed by atoms with van der Waals surface area (Å²) in [6.07, 6.45) is 4.67. The maximum atomic E-state index is 8.70. The van der Waals surface area contributed by atoms with Gasteiger partial charge in [-0.3, -0.25) is 0 Å². The highest BCUT2D eigenvalue weighted by Gasteiger charge is 1.99. The van der Waals surface area contributed by atoms with Crippen LogP contribution in [0.15, 0.2) is 6.20 Å². The molecule has 0 unspecified atom stereocenters. The molecule has 15 heavy (non-hydrogen) atoms. The number of hydrogen-bond donors (Lipinski definition) is 1. The van der Waals surface area contributed by atoms with Crippen LogP contribution in [0.4, 0.5) is 0 Å². The first-order valence-electron chi connectivity index (χ1n) is 5.44. The van der Waals surface area contributed by atoms with Gasteiger partial charge in [-0.15, -0.1) is 5.10 Å². The topological polar surface area (TPSA) is 60.2 Å². The lowest BCUT2D eigenvalue weighted by Gasteiger charge is -2.02. The molecule has 0 aliphatic heterocycles. The van der Waals surface area contributed by atoms with Crippen molar-refractivity contribution in [2.45, 2.75) is 32.7 Å². The number of unbranched alkanes of at least 4 members (excludes halogenated alkanes) is 1. The normalized spacial score (nSPS) is 10.8. The van der Waals surface area contributed by atoms with E-state index in [4.69, 9.17) is 9.84 Å². The molecular weight excluding hydrogens is 194 g/mol. The van der Waals surface area contributed by atoms with Gasteiger partial charge in [-0.1, -0.05) is 18.6 Å². The highest BCUT2D eigenvalue weighted by atomic mass is 16.5. The minimum atomic E-state index is 0.117. The Labute approximate surface area is 90.1 Å². The Bertz CT molecular complexity index is 263. The molecule has 0 aliphatic carbocycles. The van der Waals surface area contributed by atoms with Gasteiger partial charge in [0.2, 0.25) is 0 Å². The summed E-state index contributed by atoms with van der Waals surface area (Å²) in [6.45, 7) is 4.46. The minimum Gasteiger partial charge on any atom is -0.396 e. The van der Waals surface area contributed by atoms with Crippen molar-refractivity contribution < 1.29 is 9.84 Å². The van der Waals surface area contributed by atoms with Crippen LogP contribution in [0, 0.1) is 0 Å². The van der Waals surface area contributed by atoms with E-state index in [1.165, 1.54) is 0 Å². The largest absolute Gasteiger partial charge is 0.396 e. The first-order valence-corrected chi connectivity index (χ1v) is 5.44. The van der Waals surface area contributed by atoms with Crippen LogP contribution in [0.3, 0.4) is 0 Å². The summed E-state index contributed by atoms with van der Waals surface area (Å²) in [6, 6.07) is 0. The first-order chi connectivity index (χ1) is 7.36. The fourth-order valence-corrected chi connectivity index (χ4v) is 1.18. The fourth-order valence-electron chi connectivity index (χ4n) is 1.18. The molecule has 1 heterocycles. The van der Waals surface area contributed by atoms with E-state index in [-0.39, 0.29) is 6.61 Å². The van der Waals surface area contributed by atoms with Gasteiger partial charge < -0.3 is 9.84 Å². The van der Waals surface area contributed by atoms with Crippen LogP contribution in [0.2, 0.25) is 0 Å². The third-order valence-electron chi connectivity index (χ3n) is 2.06. The first kappa shape index (κ1) is 12.1. The maximum Gasteiger partial charge on any atom is 0.0849 e. The highest BCUT2D eigenvalue weighted by molar-refractivity contribution is 4.91. The molecule has 5 nitrogen and oxygen atoms in total. The number of aromatic nitrogens is 3. The van der Waals surface area contributed by atoms with E-state index < -0.39 is 0 Å². The number of hydrogen-bond acceptors (Lipinski definition) is 4. The molecule has 0 saturated carbocycles. The maximum absolute atomic E-state index is 8.70. The van der Waals surface area contributed by atoms with Gasteiger partial charge in [-0.2, -0.15) is 0 Å². The molecule has 0 atom stereocenters. The Hall–Kier alpha value is -0.940. The van der Waals surface area contributed by atoms with E-state index in [1.54, 1.807) is 4.68 Å². The number of aliphatic hydroxyl groups excluding tert-OH is 1. The number of ether oxygens (including phenoxy) is 1. The van der Waals surface area contributed by atoms with Gasteiger partial charge in [0.25, 0.3) is 0 Å². The predicted octanol–water partition coefficient (Wildman–Crippen LogP) is 0.630. The SMILES string of the molecule is CCCCOCCn1cc(CCO)nn1. The van der Waals surface area contributed by atoms with Crippen LogP contribution in [-0.4, -0.2) is 39.9 Å². The lowest BCUT2D eigenvalue weighted by atomic mass is 10.3. The summed E-state index contributed by atoms with van der Waals surface area (Å²) in [7, 11) is 0. The Morgan fingerprint density at radius 3 is 3.07 bits per heavy atom. The third kappa shape index (κ3) is 4.90. The summed E-state index contributed by atoms with van der Waals surface area (Å²) in [4.78, 5) is 0. The lowest BCUT2D eigenvalue weighted by molar-refractivity contribution is 0.120. The standard InChI is InChI=1S/C10H19N3O2/c1-2-3-7-15-8-5-13-9-10(4-6-14)11-12-13/h9,14H,2-8H2,1H3. The summed E-state index contributed by atoms with van der Waals surface area (Å²) < 4.78 is 7.16. The van der Waals surface area contributed by atoms with Gasteiger partial charge in [-0.05, 0) is 6.42 Å². The molecule has 0 saturated heterocycles. The van der Waals surface area contributed by atoms with Crippen LogP contribution in [0.1, 0.15) is 25.5 Å². The molecule has 0 spiro atoms. The molecule has 0 bridgehead atoms. The van der Waals surface area contributed by atoms with E-state index in [0.717, 1.165) is 31.7 Å². The number of aliphatic hydroxyl groups is 1. The quantitative estimate of drug-likeness (QED) is 0.643. The van der Waals surface area contributed by atoms with E-state index in [2.05, 4.69) is 17.2 Å². The monoisotopic (exact) mass is 213 g/mol. The predicted molar refractivity (Wildman–Crippen MR) is 56.5 cm³/mol. The molecule has 1 aromatic heterocycles. The Balaban J connectivity index is 2.14. The molecular formula is C10H19N3O2. The molecule has 5 heteroatoms. The summed E-state index contributed by atoms with van der Waals surface area (Å²) in [5.41, 5.74) is 0.825. The van der Waals surface area contributed by atoms with Crippen molar-refractivity contribution in [3.05, 3.63) is 11.9 Å². The van der Waals surface area contributed by atoms with Crippen LogP contribution >= 0.6 is 0 Å². The van der Waals surface area contributed by atoms with Crippen LogP contribution in [-0.2, 0) is 17.7 Å². The van der Waals surface area contributed by atoms with Crippen molar-refractivity contribution in [2.24, 2.45) is 0 Å². The Morgan fingerprint density at radius 2 is 2.33 bits per heavy atom. The second-order valence-electron chi connectivity index (χ2n) is 3.41. The van der Waals surface area contributed by atoms with Crippen molar-refractivity contribution in [3.8, 4) is 0 Å². The van der Waals surface area contributed by atoms with Crippen molar-refractivity contribution in [1.29, 1.82) is 0 Å². The molecule has 0 aliphatic rings.